The van der Waals surface area contributed by atoms with Gasteiger partial charge in [0.2, 0.25) is 0 Å². The first kappa shape index (κ1) is 14.6. The topological polar surface area (TPSA) is 94.2 Å². The lowest BCUT2D eigenvalue weighted by Gasteiger charge is -2.16. The molecule has 2 aromatic carbocycles. The van der Waals surface area contributed by atoms with Gasteiger partial charge in [-0.2, -0.15) is 0 Å². The van der Waals surface area contributed by atoms with Crippen molar-refractivity contribution in [3.05, 3.63) is 64.4 Å². The van der Waals surface area contributed by atoms with Crippen LogP contribution in [-0.4, -0.2) is 18.0 Å². The van der Waals surface area contributed by atoms with Crippen LogP contribution in [0.2, 0.25) is 0 Å². The van der Waals surface area contributed by atoms with Crippen molar-refractivity contribution in [1.29, 1.82) is 0 Å². The minimum absolute atomic E-state index is 0.105. The van der Waals surface area contributed by atoms with Gasteiger partial charge in [-0.3, -0.25) is 9.59 Å². The molecule has 0 atom stereocenters. The van der Waals surface area contributed by atoms with Gasteiger partial charge in [0.05, 0.1) is 18.1 Å². The maximum absolute atomic E-state index is 12.5. The highest BCUT2D eigenvalue weighted by atomic mass is 16.5. The van der Waals surface area contributed by atoms with E-state index in [0.717, 1.165) is 0 Å². The summed E-state index contributed by atoms with van der Waals surface area (Å²) in [5.74, 6) is -0.829. The monoisotopic (exact) mass is 309 g/mol. The van der Waals surface area contributed by atoms with Crippen molar-refractivity contribution in [2.24, 2.45) is 0 Å². The Kier molecular flexibility index (Phi) is 3.72. The summed E-state index contributed by atoms with van der Waals surface area (Å²) >= 11 is 0. The Balaban J connectivity index is 2.13. The molecule has 0 aliphatic rings. The van der Waals surface area contributed by atoms with Gasteiger partial charge < -0.3 is 20.1 Å². The molecule has 6 nitrogen and oxygen atoms in total. The van der Waals surface area contributed by atoms with Crippen LogP contribution in [0.15, 0.2) is 53.3 Å². The number of aromatic amines is 1. The van der Waals surface area contributed by atoms with Gasteiger partial charge in [-0.25, -0.2) is 0 Å². The molecule has 23 heavy (non-hydrogen) atoms. The number of benzene rings is 2. The van der Waals surface area contributed by atoms with Gasteiger partial charge in [0.25, 0.3) is 11.5 Å². The van der Waals surface area contributed by atoms with Crippen LogP contribution in [0.3, 0.4) is 0 Å². The summed E-state index contributed by atoms with van der Waals surface area (Å²) in [6.45, 7) is 0. The third-order valence-corrected chi connectivity index (χ3v) is 3.45. The third-order valence-electron chi connectivity index (χ3n) is 3.45. The van der Waals surface area contributed by atoms with Gasteiger partial charge in [0.15, 0.2) is 0 Å². The second-order valence-electron chi connectivity index (χ2n) is 4.89. The number of nitrogens with one attached hydrogen (secondary N) is 2. The van der Waals surface area contributed by atoms with E-state index in [1.807, 2.05) is 6.07 Å². The number of hydrogen-bond acceptors (Lipinski definition) is 4. The number of carbonyl (C=O) groups excluding carboxylic acids is 1. The molecule has 1 heterocycles. The van der Waals surface area contributed by atoms with Crippen molar-refractivity contribution in [3.63, 3.8) is 0 Å². The molecule has 0 radical (unpaired) electrons. The molecule has 1 aromatic heterocycles. The van der Waals surface area contributed by atoms with E-state index in [4.69, 9.17) is 4.74 Å². The first-order chi connectivity index (χ1) is 11.1. The van der Waals surface area contributed by atoms with Gasteiger partial charge >= 0.3 is 0 Å². The number of methoxy groups -OCH3 is 1. The van der Waals surface area contributed by atoms with E-state index >= 15 is 0 Å². The van der Waals surface area contributed by atoms with E-state index in [9.17, 15) is 14.7 Å². The number of rotatable bonds is 3. The Morgan fingerprint density at radius 1 is 1.13 bits per heavy atom. The summed E-state index contributed by atoms with van der Waals surface area (Å²) in [7, 11) is 1.47. The molecule has 0 aliphatic carbocycles. The lowest BCUT2D eigenvalue weighted by Crippen LogP contribution is -2.20. The number of fused-ring (bicyclic) bond motifs is 1. The lowest BCUT2D eigenvalue weighted by atomic mass is 10.1. The largest absolute Gasteiger partial charge is 0.860 e. The van der Waals surface area contributed by atoms with Crippen molar-refractivity contribution in [1.82, 2.24) is 4.98 Å². The number of pyridine rings is 1. The highest BCUT2D eigenvalue weighted by molar-refractivity contribution is 6.14. The average molecular weight is 309 g/mol. The van der Waals surface area contributed by atoms with E-state index in [0.29, 0.717) is 11.4 Å². The van der Waals surface area contributed by atoms with Gasteiger partial charge in [-0.05, 0) is 36.2 Å². The molecule has 0 spiro atoms. The Bertz CT molecular complexity index is 932. The van der Waals surface area contributed by atoms with Crippen LogP contribution < -0.4 is 20.7 Å². The van der Waals surface area contributed by atoms with Gasteiger partial charge in [-0.1, -0.05) is 18.2 Å². The highest BCUT2D eigenvalue weighted by Crippen LogP contribution is 2.25. The van der Waals surface area contributed by atoms with Crippen LogP contribution in [-0.2, 0) is 0 Å². The quantitative estimate of drug-likeness (QED) is 0.772. The smallest absolute Gasteiger partial charge is 0.257 e. The first-order valence-electron chi connectivity index (χ1n) is 6.87. The molecule has 3 rings (SSSR count). The number of carbonyl (C=O) groups is 1. The molecule has 116 valence electrons. The summed E-state index contributed by atoms with van der Waals surface area (Å²) in [5, 5.41) is 15.2. The second-order valence-corrected chi connectivity index (χ2v) is 4.89. The Morgan fingerprint density at radius 3 is 2.57 bits per heavy atom. The van der Waals surface area contributed by atoms with Crippen molar-refractivity contribution >= 4 is 22.4 Å². The van der Waals surface area contributed by atoms with Crippen molar-refractivity contribution in [2.75, 3.05) is 12.4 Å². The van der Waals surface area contributed by atoms with E-state index in [1.165, 1.54) is 19.2 Å². The molecule has 3 aromatic rings. The van der Waals surface area contributed by atoms with Crippen LogP contribution in [0.5, 0.6) is 11.6 Å². The van der Waals surface area contributed by atoms with E-state index in [2.05, 4.69) is 10.3 Å². The summed E-state index contributed by atoms with van der Waals surface area (Å²) in [6, 6.07) is 13.4. The van der Waals surface area contributed by atoms with E-state index in [1.54, 1.807) is 30.3 Å². The predicted molar refractivity (Wildman–Crippen MR) is 85.0 cm³/mol. The van der Waals surface area contributed by atoms with Crippen molar-refractivity contribution in [2.45, 2.75) is 0 Å². The second kappa shape index (κ2) is 5.84. The molecule has 0 bridgehead atoms. The number of aromatic nitrogens is 1. The van der Waals surface area contributed by atoms with Crippen LogP contribution in [0.1, 0.15) is 10.4 Å². The summed E-state index contributed by atoms with van der Waals surface area (Å²) in [6.07, 6.45) is 0. The van der Waals surface area contributed by atoms with Crippen LogP contribution in [0.4, 0.5) is 5.69 Å². The number of anilines is 1. The molecule has 6 heteroatoms. The Hall–Kier alpha value is -3.28. The zero-order valence-corrected chi connectivity index (χ0v) is 12.3. The SMILES string of the molecule is COc1ccc2c(C(=O)Nc3ccccc3)c([O-])[nH]c(=O)c2c1. The summed E-state index contributed by atoms with van der Waals surface area (Å²) in [4.78, 5) is 26.6. The van der Waals surface area contributed by atoms with E-state index in [-0.39, 0.29) is 16.3 Å². The summed E-state index contributed by atoms with van der Waals surface area (Å²) in [5.41, 5.74) is -0.101. The Morgan fingerprint density at radius 2 is 1.87 bits per heavy atom. The number of amides is 1. The first-order valence-corrected chi connectivity index (χ1v) is 6.87. The number of para-hydroxylation sites is 1. The molecule has 0 saturated heterocycles. The van der Waals surface area contributed by atoms with Crippen molar-refractivity contribution < 1.29 is 14.6 Å². The van der Waals surface area contributed by atoms with Gasteiger partial charge in [0, 0.05) is 11.1 Å². The zero-order valence-electron chi connectivity index (χ0n) is 12.3. The molecule has 0 unspecified atom stereocenters. The average Bonchev–Trinajstić information content (AvgIpc) is 2.55. The fourth-order valence-electron chi connectivity index (χ4n) is 2.35. The van der Waals surface area contributed by atoms with E-state index < -0.39 is 17.3 Å². The Labute approximate surface area is 131 Å². The molecular formula is C17H13N2O4-. The minimum atomic E-state index is -0.721. The third kappa shape index (κ3) is 2.74. The molecule has 0 fully saturated rings. The maximum Gasteiger partial charge on any atom is 0.257 e. The van der Waals surface area contributed by atoms with Crippen molar-refractivity contribution in [3.8, 4) is 11.6 Å². The predicted octanol–water partition coefficient (Wildman–Crippen LogP) is 1.86. The zero-order chi connectivity index (χ0) is 16.4. The fourth-order valence-corrected chi connectivity index (χ4v) is 2.35. The fraction of sp³-hybridized carbons (Fsp3) is 0.0588. The highest BCUT2D eigenvalue weighted by Gasteiger charge is 2.14. The molecule has 2 N–H and O–H groups in total. The van der Waals surface area contributed by atoms with Gasteiger partial charge in [0.1, 0.15) is 5.75 Å². The lowest BCUT2D eigenvalue weighted by molar-refractivity contribution is -0.275. The minimum Gasteiger partial charge on any atom is -0.860 e. The maximum atomic E-state index is 12.5. The number of ether oxygens (including phenoxy) is 1. The molecule has 1 amide bonds. The number of H-pyrrole nitrogens is 1. The van der Waals surface area contributed by atoms with Crippen LogP contribution in [0.25, 0.3) is 10.8 Å². The normalized spacial score (nSPS) is 10.5. The van der Waals surface area contributed by atoms with Crippen LogP contribution >= 0.6 is 0 Å². The number of hydrogen-bond donors (Lipinski definition) is 2. The standard InChI is InChI=1S/C17H14N2O4/c1-23-11-7-8-12-13(9-11)15(20)19-17(22)14(12)16(21)18-10-5-3-2-4-6-10/h2-9H,1H3,(H,18,21)(H2,19,20,22)/p-1. The van der Waals surface area contributed by atoms with Gasteiger partial charge in [-0.15, -0.1) is 0 Å². The summed E-state index contributed by atoms with van der Waals surface area (Å²) < 4.78 is 5.07. The van der Waals surface area contributed by atoms with Crippen LogP contribution in [0, 0.1) is 0 Å². The molecule has 0 saturated carbocycles. The molecule has 0 aliphatic heterocycles. The molecular weight excluding hydrogens is 296 g/mol.